The molecule has 0 spiro atoms. The summed E-state index contributed by atoms with van der Waals surface area (Å²) in [6.45, 7) is 2.65. The van der Waals surface area contributed by atoms with Gasteiger partial charge in [0.2, 0.25) is 31.9 Å². The number of hydrogen-bond donors (Lipinski definition) is 4. The van der Waals surface area contributed by atoms with Crippen molar-refractivity contribution in [2.75, 3.05) is 10.6 Å². The van der Waals surface area contributed by atoms with Crippen LogP contribution in [0.15, 0.2) is 127 Å². The Morgan fingerprint density at radius 1 is 0.544 bits per heavy atom. The molecule has 0 unspecified atom stereocenters. The van der Waals surface area contributed by atoms with Gasteiger partial charge in [0, 0.05) is 24.6 Å². The van der Waals surface area contributed by atoms with Crippen LogP contribution in [-0.4, -0.2) is 28.6 Å². The zero-order valence-electron chi connectivity index (χ0n) is 30.4. The van der Waals surface area contributed by atoms with Gasteiger partial charge < -0.3 is 31.1 Å². The third kappa shape index (κ3) is 10.4. The summed E-state index contributed by atoms with van der Waals surface area (Å²) >= 11 is 0. The standard InChI is InChI=1S/2C18H16N4O5S.Co/c2*1-10(23)20-13-4-2-3-11-5-7-16(25)18(17(11)13)22-21-14-9-12(28(19,26)27)6-8-15(14)24;/h2*2-9,24-25H,1H3,(H,20,23)(H2,19,26,27);/q;;+3/p-3. The molecule has 21 heteroatoms. The van der Waals surface area contributed by atoms with Gasteiger partial charge in [-0.15, -0.1) is 0 Å². The Morgan fingerprint density at radius 2 is 0.895 bits per heavy atom. The van der Waals surface area contributed by atoms with Crippen molar-refractivity contribution in [3.63, 3.8) is 0 Å². The maximum Gasteiger partial charge on any atom is 3.00 e. The van der Waals surface area contributed by atoms with Gasteiger partial charge in [-0.2, -0.15) is 20.5 Å². The largest absolute Gasteiger partial charge is 3.00 e. The second kappa shape index (κ2) is 17.5. The first kappa shape index (κ1) is 43.2. The average Bonchev–Trinajstić information content (AvgIpc) is 3.11. The molecule has 6 aromatic carbocycles. The summed E-state index contributed by atoms with van der Waals surface area (Å²) < 4.78 is 45.8. The maximum absolute atomic E-state index is 12.3. The van der Waals surface area contributed by atoms with Crippen molar-refractivity contribution in [3.05, 3.63) is 97.1 Å². The quantitative estimate of drug-likeness (QED) is 0.159. The fraction of sp³-hybridized carbons (Fsp3) is 0.0556. The minimum atomic E-state index is -4.04. The number of nitrogens with zero attached hydrogens (tertiary/aromatic N) is 4. The van der Waals surface area contributed by atoms with Gasteiger partial charge in [-0.1, -0.05) is 83.7 Å². The summed E-state index contributed by atoms with van der Waals surface area (Å²) in [5, 5.41) is 81.2. The summed E-state index contributed by atoms with van der Waals surface area (Å²) in [6.07, 6.45) is 0. The summed E-state index contributed by atoms with van der Waals surface area (Å²) in [5.41, 5.74) is -0.0565. The second-order valence-electron chi connectivity index (χ2n) is 11.7. The molecule has 2 amide bonds. The van der Waals surface area contributed by atoms with E-state index in [4.69, 9.17) is 10.3 Å². The van der Waals surface area contributed by atoms with E-state index < -0.39 is 43.0 Å². The first-order valence-electron chi connectivity index (χ1n) is 15.9. The molecule has 0 aliphatic rings. The third-order valence-corrected chi connectivity index (χ3v) is 9.44. The maximum atomic E-state index is 12.3. The van der Waals surface area contributed by atoms with Crippen LogP contribution in [0.2, 0.25) is 0 Å². The molecular formula is C36H29CoN8O10S2. The van der Waals surface area contributed by atoms with Crippen molar-refractivity contribution in [2.45, 2.75) is 23.6 Å². The van der Waals surface area contributed by atoms with Gasteiger partial charge in [-0.3, -0.25) is 9.59 Å². The number of fused-ring (bicyclic) bond motifs is 2. The molecular weight excluding hydrogens is 828 g/mol. The van der Waals surface area contributed by atoms with E-state index in [0.717, 1.165) is 36.4 Å². The number of anilines is 2. The van der Waals surface area contributed by atoms with E-state index in [1.165, 1.54) is 26.0 Å². The van der Waals surface area contributed by atoms with E-state index in [1.807, 2.05) is 0 Å². The minimum Gasteiger partial charge on any atom is -0.871 e. The van der Waals surface area contributed by atoms with Gasteiger partial charge in [0.25, 0.3) is 0 Å². The molecule has 18 nitrogen and oxygen atoms in total. The van der Waals surface area contributed by atoms with Crippen LogP contribution < -0.4 is 41.3 Å². The van der Waals surface area contributed by atoms with E-state index in [1.54, 1.807) is 48.5 Å². The van der Waals surface area contributed by atoms with E-state index in [-0.39, 0.29) is 62.6 Å². The van der Waals surface area contributed by atoms with E-state index in [2.05, 4.69) is 31.1 Å². The average molecular weight is 857 g/mol. The number of benzene rings is 6. The Kier molecular flexibility index (Phi) is 13.3. The van der Waals surface area contributed by atoms with Gasteiger partial charge in [0.15, 0.2) is 0 Å². The Bertz CT molecular complexity index is 2650. The third-order valence-electron chi connectivity index (χ3n) is 7.62. The molecule has 0 fully saturated rings. The molecule has 0 radical (unpaired) electrons. The molecule has 0 heterocycles. The Balaban J connectivity index is 0.000000300. The monoisotopic (exact) mass is 856 g/mol. The van der Waals surface area contributed by atoms with Crippen LogP contribution in [0.1, 0.15) is 15.3 Å². The molecule has 57 heavy (non-hydrogen) atoms. The molecule has 294 valence electrons. The summed E-state index contributed by atoms with van der Waals surface area (Å²) in [5.74, 6) is -2.83. The Hall–Kier alpha value is -6.49. The van der Waals surface area contributed by atoms with E-state index in [9.17, 15) is 46.9 Å². The fourth-order valence-electron chi connectivity index (χ4n) is 5.18. The molecule has 6 aromatic rings. The number of carbonyl (C=O) groups excluding carboxylic acids is 2. The van der Waals surface area contributed by atoms with Crippen LogP contribution in [0.3, 0.4) is 0 Å². The number of nitrogens with one attached hydrogen (secondary N) is 2. The van der Waals surface area contributed by atoms with E-state index in [0.29, 0.717) is 32.9 Å². The number of nitrogens with two attached hydrogens (primary N) is 2. The number of sulfonamides is 2. The van der Waals surface area contributed by atoms with Gasteiger partial charge in [-0.25, -0.2) is 27.1 Å². The minimum absolute atomic E-state index is 0. The molecule has 0 saturated heterocycles. The topological polar surface area (TPSA) is 320 Å². The summed E-state index contributed by atoms with van der Waals surface area (Å²) in [7, 11) is -8.08. The predicted molar refractivity (Wildman–Crippen MR) is 199 cm³/mol. The molecule has 0 aliphatic carbocycles. The van der Waals surface area contributed by atoms with Crippen LogP contribution in [0.5, 0.6) is 23.0 Å². The first-order valence-corrected chi connectivity index (χ1v) is 18.9. The number of azo groups is 2. The van der Waals surface area contributed by atoms with Crippen molar-refractivity contribution in [1.29, 1.82) is 0 Å². The Morgan fingerprint density at radius 3 is 1.23 bits per heavy atom. The molecule has 6 rings (SSSR count). The van der Waals surface area contributed by atoms with Crippen molar-refractivity contribution in [1.82, 2.24) is 0 Å². The zero-order chi connectivity index (χ0) is 40.9. The normalized spacial score (nSPS) is 11.6. The van der Waals surface area contributed by atoms with Crippen molar-refractivity contribution >= 4 is 87.5 Å². The van der Waals surface area contributed by atoms with Gasteiger partial charge >= 0.3 is 18.2 Å². The molecule has 6 N–H and O–H groups in total. The predicted octanol–water partition coefficient (Wildman–Crippen LogP) is 4.13. The molecule has 0 atom stereocenters. The van der Waals surface area contributed by atoms with Crippen molar-refractivity contribution in [3.8, 4) is 23.0 Å². The molecule has 0 aromatic heterocycles. The van der Waals surface area contributed by atoms with Gasteiger partial charge in [-0.05, 0) is 47.2 Å². The van der Waals surface area contributed by atoms with Gasteiger partial charge in [0.1, 0.15) is 0 Å². The number of rotatable bonds is 8. The summed E-state index contributed by atoms with van der Waals surface area (Å²) in [4.78, 5) is 22.3. The van der Waals surface area contributed by atoms with E-state index >= 15 is 0 Å². The van der Waals surface area contributed by atoms with Crippen LogP contribution >= 0.6 is 0 Å². The van der Waals surface area contributed by atoms with Crippen LogP contribution in [-0.2, 0) is 46.4 Å². The Labute approximate surface area is 336 Å². The number of amides is 2. The first-order chi connectivity index (χ1) is 26.3. The van der Waals surface area contributed by atoms with Crippen molar-refractivity contribution < 1.29 is 65.1 Å². The molecule has 0 bridgehead atoms. The SMILES string of the molecule is CC(=O)Nc1cccc2ccc([O-])c(N=Nc3cc(S(N)(=O)=O)ccc3[O-])c12.CC(=O)Nc1cccc2ccc([O-])c(N=Nc3cc(S(N)(=O)=O)ccc3[O-])c12.[Co+3].[H+]. The van der Waals surface area contributed by atoms with Crippen LogP contribution in [0.25, 0.3) is 21.5 Å². The van der Waals surface area contributed by atoms with Gasteiger partial charge in [0.05, 0.1) is 43.9 Å². The number of primary sulfonamides is 2. The number of carbonyl (C=O) groups is 2. The second-order valence-corrected chi connectivity index (χ2v) is 14.9. The number of hydrogen-bond acceptors (Lipinski definition) is 14. The fourth-order valence-corrected chi connectivity index (χ4v) is 6.25. The molecule has 0 aliphatic heterocycles. The van der Waals surface area contributed by atoms with Crippen LogP contribution in [0, 0.1) is 0 Å². The molecule has 0 saturated carbocycles. The van der Waals surface area contributed by atoms with Crippen molar-refractivity contribution in [2.24, 2.45) is 30.7 Å². The smallest absolute Gasteiger partial charge is 0.871 e. The zero-order valence-corrected chi connectivity index (χ0v) is 32.1. The van der Waals surface area contributed by atoms with Crippen LogP contribution in [0.4, 0.5) is 34.1 Å². The summed E-state index contributed by atoms with van der Waals surface area (Å²) in [6, 6.07) is 21.8.